The van der Waals surface area contributed by atoms with Crippen molar-refractivity contribution in [3.63, 3.8) is 0 Å². The van der Waals surface area contributed by atoms with Crippen molar-refractivity contribution in [3.8, 4) is 0 Å². The van der Waals surface area contributed by atoms with Gasteiger partial charge in [-0.15, -0.1) is 0 Å². The average Bonchev–Trinajstić information content (AvgIpc) is 2.37. The molecule has 0 amide bonds. The van der Waals surface area contributed by atoms with Crippen LogP contribution in [0.1, 0.15) is 11.7 Å². The highest BCUT2D eigenvalue weighted by Gasteiger charge is 1.99. The minimum atomic E-state index is 0.386. The van der Waals surface area contributed by atoms with Crippen LogP contribution in [0, 0.1) is 0 Å². The number of nitrogens with two attached hydrogens (primary N) is 1. The highest BCUT2D eigenvalue weighted by atomic mass is 16.5. The van der Waals surface area contributed by atoms with E-state index in [4.69, 9.17) is 14.9 Å². The van der Waals surface area contributed by atoms with E-state index in [1.54, 1.807) is 13.3 Å². The van der Waals surface area contributed by atoms with Gasteiger partial charge in [0.25, 0.3) is 0 Å². The van der Waals surface area contributed by atoms with Crippen LogP contribution in [0.5, 0.6) is 0 Å². The zero-order valence-electron chi connectivity index (χ0n) is 5.83. The Balaban J connectivity index is 2.59. The molecular formula is C6H10N2O2. The number of aromatic nitrogens is 1. The summed E-state index contributed by atoms with van der Waals surface area (Å²) in [6.45, 7) is 0.788. The topological polar surface area (TPSA) is 61.3 Å². The zero-order valence-corrected chi connectivity index (χ0v) is 5.83. The Morgan fingerprint density at radius 2 is 2.60 bits per heavy atom. The number of oxazole rings is 1. The molecule has 1 aromatic rings. The van der Waals surface area contributed by atoms with Gasteiger partial charge in [-0.25, -0.2) is 4.98 Å². The maximum absolute atomic E-state index is 5.28. The molecule has 1 aromatic heterocycles. The van der Waals surface area contributed by atoms with E-state index in [1.165, 1.54) is 0 Å². The third-order valence-electron chi connectivity index (χ3n) is 1.07. The second-order valence-electron chi connectivity index (χ2n) is 1.86. The van der Waals surface area contributed by atoms with Crippen molar-refractivity contribution in [1.29, 1.82) is 0 Å². The smallest absolute Gasteiger partial charge is 0.220 e. The van der Waals surface area contributed by atoms with E-state index in [2.05, 4.69) is 4.98 Å². The van der Waals surface area contributed by atoms with E-state index < -0.39 is 0 Å². The molecule has 0 atom stereocenters. The number of nitrogens with zero attached hydrogens (tertiary/aromatic N) is 1. The second kappa shape index (κ2) is 3.34. The first-order valence-corrected chi connectivity index (χ1v) is 2.99. The van der Waals surface area contributed by atoms with Crippen LogP contribution in [0.3, 0.4) is 0 Å². The molecule has 4 nitrogen and oxygen atoms in total. The molecule has 0 unspecified atom stereocenters. The van der Waals surface area contributed by atoms with Gasteiger partial charge in [0.2, 0.25) is 5.89 Å². The molecule has 0 aromatic carbocycles. The van der Waals surface area contributed by atoms with E-state index in [9.17, 15) is 0 Å². The van der Waals surface area contributed by atoms with Crippen LogP contribution < -0.4 is 5.73 Å². The lowest BCUT2D eigenvalue weighted by molar-refractivity contribution is 0.158. The normalized spacial score (nSPS) is 10.2. The first-order chi connectivity index (χ1) is 4.86. The predicted octanol–water partition coefficient (Wildman–Crippen LogP) is 0.280. The summed E-state index contributed by atoms with van der Waals surface area (Å²) in [5, 5.41) is 0. The summed E-state index contributed by atoms with van der Waals surface area (Å²) in [6, 6.07) is 0. The minimum absolute atomic E-state index is 0.386. The quantitative estimate of drug-likeness (QED) is 0.658. The van der Waals surface area contributed by atoms with Crippen LogP contribution in [-0.4, -0.2) is 12.1 Å². The lowest BCUT2D eigenvalue weighted by Gasteiger charge is -1.89. The fourth-order valence-corrected chi connectivity index (χ4v) is 0.633. The minimum Gasteiger partial charge on any atom is -0.442 e. The van der Waals surface area contributed by atoms with Gasteiger partial charge in [-0.3, -0.25) is 0 Å². The highest BCUT2D eigenvalue weighted by molar-refractivity contribution is 4.91. The van der Waals surface area contributed by atoms with Crippen molar-refractivity contribution in [3.05, 3.63) is 17.8 Å². The second-order valence-corrected chi connectivity index (χ2v) is 1.86. The van der Waals surface area contributed by atoms with Crippen LogP contribution >= 0.6 is 0 Å². The molecule has 0 saturated heterocycles. The van der Waals surface area contributed by atoms with Gasteiger partial charge < -0.3 is 14.9 Å². The molecule has 1 heterocycles. The maximum atomic E-state index is 5.28. The third-order valence-corrected chi connectivity index (χ3v) is 1.07. The number of methoxy groups -OCH3 is 1. The summed E-state index contributed by atoms with van der Waals surface area (Å²) in [4.78, 5) is 3.91. The van der Waals surface area contributed by atoms with Crippen LogP contribution in [0.4, 0.5) is 0 Å². The molecule has 0 aliphatic carbocycles. The average molecular weight is 142 g/mol. The van der Waals surface area contributed by atoms with Crippen LogP contribution in [0.15, 0.2) is 10.6 Å². The number of hydrogen-bond donors (Lipinski definition) is 1. The Morgan fingerprint density at radius 3 is 3.10 bits per heavy atom. The molecule has 4 heteroatoms. The molecule has 0 aliphatic rings. The molecule has 0 bridgehead atoms. The highest BCUT2D eigenvalue weighted by Crippen LogP contribution is 2.02. The van der Waals surface area contributed by atoms with Crippen molar-refractivity contribution in [2.24, 2.45) is 5.73 Å². The summed E-state index contributed by atoms with van der Waals surface area (Å²) < 4.78 is 9.90. The number of rotatable bonds is 3. The molecule has 0 aliphatic heterocycles. The first kappa shape index (κ1) is 7.24. The molecule has 56 valence electrons. The molecule has 0 spiro atoms. The van der Waals surface area contributed by atoms with Gasteiger partial charge in [0, 0.05) is 7.11 Å². The van der Waals surface area contributed by atoms with Crippen molar-refractivity contribution in [2.45, 2.75) is 13.2 Å². The van der Waals surface area contributed by atoms with Gasteiger partial charge in [-0.1, -0.05) is 0 Å². The van der Waals surface area contributed by atoms with Gasteiger partial charge in [-0.05, 0) is 0 Å². The van der Waals surface area contributed by atoms with Gasteiger partial charge >= 0.3 is 0 Å². The monoisotopic (exact) mass is 142 g/mol. The molecule has 2 N–H and O–H groups in total. The fourth-order valence-electron chi connectivity index (χ4n) is 0.633. The van der Waals surface area contributed by atoms with E-state index in [0.29, 0.717) is 24.8 Å². The van der Waals surface area contributed by atoms with Crippen molar-refractivity contribution < 1.29 is 9.15 Å². The predicted molar refractivity (Wildman–Crippen MR) is 35.1 cm³/mol. The fraction of sp³-hybridized carbons (Fsp3) is 0.500. The first-order valence-electron chi connectivity index (χ1n) is 2.99. The zero-order chi connectivity index (χ0) is 7.40. The van der Waals surface area contributed by atoms with Crippen LogP contribution in [0.25, 0.3) is 0 Å². The maximum Gasteiger partial charge on any atom is 0.220 e. The summed E-state index contributed by atoms with van der Waals surface area (Å²) in [6.07, 6.45) is 1.61. The Kier molecular flexibility index (Phi) is 2.42. The molecule has 0 saturated carbocycles. The van der Waals surface area contributed by atoms with Crippen LogP contribution in [-0.2, 0) is 17.9 Å². The van der Waals surface area contributed by atoms with E-state index in [1.807, 2.05) is 0 Å². The van der Waals surface area contributed by atoms with E-state index in [-0.39, 0.29) is 0 Å². The Morgan fingerprint density at radius 1 is 1.80 bits per heavy atom. The van der Waals surface area contributed by atoms with Gasteiger partial charge in [-0.2, -0.15) is 0 Å². The number of ether oxygens (including phenoxy) is 1. The summed E-state index contributed by atoms with van der Waals surface area (Å²) >= 11 is 0. The lowest BCUT2D eigenvalue weighted by atomic mass is 10.5. The van der Waals surface area contributed by atoms with Gasteiger partial charge in [0.1, 0.15) is 12.4 Å². The van der Waals surface area contributed by atoms with E-state index >= 15 is 0 Å². The summed E-state index contributed by atoms with van der Waals surface area (Å²) in [5.74, 6) is 1.26. The standard InChI is InChI=1S/C6H10N2O2/c1-9-4-6-8-3-5(2-7)10-6/h3H,2,4,7H2,1H3. The van der Waals surface area contributed by atoms with Gasteiger partial charge in [0.15, 0.2) is 0 Å². The Bertz CT molecular complexity index is 197. The Labute approximate surface area is 59.0 Å². The SMILES string of the molecule is COCc1ncc(CN)o1. The van der Waals surface area contributed by atoms with Crippen molar-refractivity contribution in [2.75, 3.05) is 7.11 Å². The molecular weight excluding hydrogens is 132 g/mol. The molecule has 1 rings (SSSR count). The van der Waals surface area contributed by atoms with Crippen LogP contribution in [0.2, 0.25) is 0 Å². The molecule has 0 radical (unpaired) electrons. The lowest BCUT2D eigenvalue weighted by Crippen LogP contribution is -1.92. The molecule has 10 heavy (non-hydrogen) atoms. The van der Waals surface area contributed by atoms with Crippen molar-refractivity contribution >= 4 is 0 Å². The third kappa shape index (κ3) is 1.55. The summed E-state index contributed by atoms with van der Waals surface area (Å²) in [7, 11) is 1.59. The summed E-state index contributed by atoms with van der Waals surface area (Å²) in [5.41, 5.74) is 5.28. The Hall–Kier alpha value is -0.870. The van der Waals surface area contributed by atoms with Gasteiger partial charge in [0.05, 0.1) is 12.7 Å². The molecule has 0 fully saturated rings. The van der Waals surface area contributed by atoms with Crippen molar-refractivity contribution in [1.82, 2.24) is 4.98 Å². The van der Waals surface area contributed by atoms with E-state index in [0.717, 1.165) is 0 Å². The largest absolute Gasteiger partial charge is 0.442 e. The number of hydrogen-bond acceptors (Lipinski definition) is 4.